The van der Waals surface area contributed by atoms with E-state index in [1.807, 2.05) is 24.4 Å². The van der Waals surface area contributed by atoms with E-state index in [1.165, 1.54) is 19.3 Å². The van der Waals surface area contributed by atoms with E-state index in [0.717, 1.165) is 27.9 Å². The number of benzene rings is 1. The minimum Gasteiger partial charge on any atom is -0.493 e. The highest BCUT2D eigenvalue weighted by Crippen LogP contribution is 2.40. The van der Waals surface area contributed by atoms with Crippen LogP contribution in [0.5, 0.6) is 5.75 Å². The highest BCUT2D eigenvalue weighted by molar-refractivity contribution is 6.44. The number of aryl methyl sites for hydroxylation is 1. The summed E-state index contributed by atoms with van der Waals surface area (Å²) in [6, 6.07) is 3.90. The van der Waals surface area contributed by atoms with Crippen LogP contribution < -0.4 is 4.74 Å². The Bertz CT molecular complexity index is 1160. The number of aliphatic imine (C=N–C) groups is 1. The number of ether oxygens (including phenoxy) is 1. The van der Waals surface area contributed by atoms with Crippen molar-refractivity contribution in [1.82, 2.24) is 14.9 Å². The predicted octanol–water partition coefficient (Wildman–Crippen LogP) is 3.16. The van der Waals surface area contributed by atoms with E-state index in [9.17, 15) is 9.59 Å². The number of nitrogens with one attached hydrogen (secondary N) is 1. The maximum absolute atomic E-state index is 12.5. The Morgan fingerprint density at radius 1 is 1.35 bits per heavy atom. The zero-order valence-electron chi connectivity index (χ0n) is 17.3. The average molecular weight is 420 g/mol. The summed E-state index contributed by atoms with van der Waals surface area (Å²) in [5.41, 5.74) is 3.90. The Hall–Kier alpha value is -3.42. The third kappa shape index (κ3) is 3.62. The number of imidazole rings is 1. The summed E-state index contributed by atoms with van der Waals surface area (Å²) in [6.07, 6.45) is 9.42. The highest BCUT2D eigenvalue weighted by Gasteiger charge is 2.35. The van der Waals surface area contributed by atoms with Crippen molar-refractivity contribution in [3.05, 3.63) is 42.0 Å². The van der Waals surface area contributed by atoms with Gasteiger partial charge in [-0.2, -0.15) is 0 Å². The Morgan fingerprint density at radius 3 is 2.94 bits per heavy atom. The summed E-state index contributed by atoms with van der Waals surface area (Å²) >= 11 is 0. The Morgan fingerprint density at radius 2 is 2.19 bits per heavy atom. The minimum atomic E-state index is -0.856. The first-order valence-electron chi connectivity index (χ1n) is 10.6. The third-order valence-corrected chi connectivity index (χ3v) is 6.21. The lowest BCUT2D eigenvalue weighted by molar-refractivity contribution is -0.137. The maximum atomic E-state index is 12.5. The number of hydrogen-bond donors (Lipinski definition) is 2. The molecule has 1 fully saturated rings. The van der Waals surface area contributed by atoms with Gasteiger partial charge < -0.3 is 19.7 Å². The molecule has 8 heteroatoms. The third-order valence-electron chi connectivity index (χ3n) is 6.21. The van der Waals surface area contributed by atoms with E-state index in [-0.39, 0.29) is 18.2 Å². The Kier molecular flexibility index (Phi) is 4.84. The summed E-state index contributed by atoms with van der Waals surface area (Å²) in [7, 11) is 1.73. The molecule has 0 saturated heterocycles. The fourth-order valence-electron chi connectivity index (χ4n) is 4.23. The molecule has 1 aliphatic carbocycles. The lowest BCUT2D eigenvalue weighted by Gasteiger charge is -2.29. The topological polar surface area (TPSA) is 108 Å². The van der Waals surface area contributed by atoms with Gasteiger partial charge in [-0.25, -0.2) is 4.98 Å². The van der Waals surface area contributed by atoms with Gasteiger partial charge in [0.1, 0.15) is 17.3 Å². The molecule has 2 aromatic rings. The van der Waals surface area contributed by atoms with Gasteiger partial charge in [0, 0.05) is 37.5 Å². The van der Waals surface area contributed by atoms with Crippen molar-refractivity contribution in [3.8, 4) is 5.75 Å². The van der Waals surface area contributed by atoms with Gasteiger partial charge in [-0.1, -0.05) is 12.5 Å². The van der Waals surface area contributed by atoms with Gasteiger partial charge in [0.05, 0.1) is 30.0 Å². The van der Waals surface area contributed by atoms with Crippen LogP contribution in [-0.4, -0.2) is 51.2 Å². The molecule has 1 unspecified atom stereocenters. The van der Waals surface area contributed by atoms with Crippen molar-refractivity contribution < 1.29 is 19.4 Å². The first-order chi connectivity index (χ1) is 15.0. The Labute approximate surface area is 179 Å². The molecular formula is C23H24N4O4. The van der Waals surface area contributed by atoms with E-state index in [1.54, 1.807) is 18.1 Å². The Balaban J connectivity index is 1.56. The molecule has 8 nitrogen and oxygen atoms in total. The molecule has 160 valence electrons. The largest absolute Gasteiger partial charge is 0.493 e. The van der Waals surface area contributed by atoms with Crippen LogP contribution in [0.2, 0.25) is 0 Å². The summed E-state index contributed by atoms with van der Waals surface area (Å²) in [4.78, 5) is 37.1. The molecule has 1 amide bonds. The van der Waals surface area contributed by atoms with E-state index in [0.29, 0.717) is 30.5 Å². The van der Waals surface area contributed by atoms with Crippen molar-refractivity contribution in [2.45, 2.75) is 32.1 Å². The van der Waals surface area contributed by atoms with Crippen LogP contribution in [-0.2, 0) is 16.0 Å². The molecule has 1 saturated carbocycles. The van der Waals surface area contributed by atoms with Gasteiger partial charge >= 0.3 is 5.97 Å². The monoisotopic (exact) mass is 420 g/mol. The van der Waals surface area contributed by atoms with Crippen molar-refractivity contribution in [2.75, 3.05) is 13.7 Å². The zero-order valence-corrected chi connectivity index (χ0v) is 17.3. The number of carboxylic acids is 1. The number of aromatic nitrogens is 2. The zero-order chi connectivity index (χ0) is 21.5. The number of carbonyl (C=O) groups is 2. The van der Waals surface area contributed by atoms with E-state index in [2.05, 4.69) is 15.0 Å². The van der Waals surface area contributed by atoms with Crippen LogP contribution in [0.3, 0.4) is 0 Å². The molecule has 0 bridgehead atoms. The first-order valence-corrected chi connectivity index (χ1v) is 10.6. The normalized spacial score (nSPS) is 20.5. The van der Waals surface area contributed by atoms with Gasteiger partial charge in [0.15, 0.2) is 0 Å². The fourth-order valence-corrected chi connectivity index (χ4v) is 4.23. The molecule has 0 spiro atoms. The number of amides is 1. The minimum absolute atomic E-state index is 0.0163. The van der Waals surface area contributed by atoms with Gasteiger partial charge in [0.2, 0.25) is 0 Å². The predicted molar refractivity (Wildman–Crippen MR) is 116 cm³/mol. The van der Waals surface area contributed by atoms with Crippen molar-refractivity contribution in [1.29, 1.82) is 0 Å². The molecule has 1 aromatic heterocycles. The molecule has 5 rings (SSSR count). The number of carbonyl (C=O) groups excluding carboxylic acids is 1. The second-order valence-corrected chi connectivity index (χ2v) is 8.38. The summed E-state index contributed by atoms with van der Waals surface area (Å²) in [6.45, 7) is 0.651. The molecule has 3 aliphatic rings. The molecule has 31 heavy (non-hydrogen) atoms. The standard InChI is InChI=1S/C23H24N4O4/c1-27-11-16(14-7-8-24-22(14)23(27)30)15-9-17-18(26-20(25-17)5-6-21(28)29)10-19(15)31-12-13-3-2-4-13/h7-11,13-14H,2-6,12H2,1H3,(H,25,26)(H,28,29). The molecule has 1 atom stereocenters. The number of H-pyrrole nitrogens is 1. The highest BCUT2D eigenvalue weighted by atomic mass is 16.5. The lowest BCUT2D eigenvalue weighted by atomic mass is 9.85. The van der Waals surface area contributed by atoms with Gasteiger partial charge in [-0.15, -0.1) is 0 Å². The van der Waals surface area contributed by atoms with E-state index < -0.39 is 5.97 Å². The number of nitrogens with zero attached hydrogens (tertiary/aromatic N) is 3. The van der Waals surface area contributed by atoms with Crippen LogP contribution in [0.25, 0.3) is 16.6 Å². The van der Waals surface area contributed by atoms with Crippen molar-refractivity contribution in [3.63, 3.8) is 0 Å². The number of carboxylic acid groups (broad SMARTS) is 1. The second kappa shape index (κ2) is 7.68. The number of aliphatic carboxylic acids is 1. The van der Waals surface area contributed by atoms with Crippen LogP contribution in [0.4, 0.5) is 0 Å². The fraction of sp³-hybridized carbons (Fsp3) is 0.391. The van der Waals surface area contributed by atoms with Crippen molar-refractivity contribution in [2.24, 2.45) is 16.8 Å². The van der Waals surface area contributed by atoms with Crippen LogP contribution in [0, 0.1) is 11.8 Å². The van der Waals surface area contributed by atoms with Crippen molar-refractivity contribution >= 4 is 34.2 Å². The summed E-state index contributed by atoms with van der Waals surface area (Å²) in [5, 5.41) is 8.97. The molecule has 0 radical (unpaired) electrons. The average Bonchev–Trinajstić information content (AvgIpc) is 3.34. The number of aromatic amines is 1. The SMILES string of the molecule is CN1C=C(c2cc3[nH]c(CCC(=O)O)nc3cc2OCC2CCC2)C2C=CN=C2C1=O. The van der Waals surface area contributed by atoms with Crippen LogP contribution >= 0.6 is 0 Å². The summed E-state index contributed by atoms with van der Waals surface area (Å²) in [5.74, 6) is 0.764. The second-order valence-electron chi connectivity index (χ2n) is 8.38. The van der Waals surface area contributed by atoms with E-state index >= 15 is 0 Å². The first kappa shape index (κ1) is 19.5. The van der Waals surface area contributed by atoms with Gasteiger partial charge in [-0.05, 0) is 30.4 Å². The number of hydrogen-bond acceptors (Lipinski definition) is 5. The molecule has 2 aliphatic heterocycles. The summed E-state index contributed by atoms with van der Waals surface area (Å²) < 4.78 is 6.26. The molecular weight excluding hydrogens is 396 g/mol. The number of allylic oxidation sites excluding steroid dienone is 2. The molecule has 1 aromatic carbocycles. The van der Waals surface area contributed by atoms with Gasteiger partial charge in [0.25, 0.3) is 5.91 Å². The van der Waals surface area contributed by atoms with Crippen LogP contribution in [0.15, 0.2) is 35.6 Å². The maximum Gasteiger partial charge on any atom is 0.303 e. The van der Waals surface area contributed by atoms with E-state index in [4.69, 9.17) is 9.84 Å². The number of rotatable bonds is 7. The quantitative estimate of drug-likeness (QED) is 0.715. The van der Waals surface area contributed by atoms with Gasteiger partial charge in [-0.3, -0.25) is 14.6 Å². The molecule has 2 N–H and O–H groups in total. The van der Waals surface area contributed by atoms with Crippen LogP contribution in [0.1, 0.15) is 37.1 Å². The lowest BCUT2D eigenvalue weighted by Crippen LogP contribution is -2.37. The smallest absolute Gasteiger partial charge is 0.303 e. The number of fused-ring (bicyclic) bond motifs is 2. The molecule has 3 heterocycles.